The molecule has 3 rings (SSSR count). The van der Waals surface area contributed by atoms with Crippen molar-refractivity contribution in [3.05, 3.63) is 65.7 Å². The Morgan fingerprint density at radius 3 is 2.67 bits per heavy atom. The van der Waals surface area contributed by atoms with Crippen molar-refractivity contribution in [3.63, 3.8) is 0 Å². The van der Waals surface area contributed by atoms with Gasteiger partial charge in [-0.15, -0.1) is 11.8 Å². The third-order valence-corrected chi connectivity index (χ3v) is 5.57. The zero-order valence-corrected chi connectivity index (χ0v) is 16.0. The third kappa shape index (κ3) is 5.84. The van der Waals surface area contributed by atoms with Gasteiger partial charge in [-0.05, 0) is 42.6 Å². The zero-order chi connectivity index (χ0) is 19.1. The van der Waals surface area contributed by atoms with Gasteiger partial charge in [-0.25, -0.2) is 0 Å². The SMILES string of the molecule is O=C(O)CSCc1cccc(NC(=O)C2CCCN2Cc2ccccc2)c1. The summed E-state index contributed by atoms with van der Waals surface area (Å²) < 4.78 is 0. The molecule has 1 unspecified atom stereocenters. The molecular weight excluding hydrogens is 360 g/mol. The molecule has 1 amide bonds. The van der Waals surface area contributed by atoms with Crippen LogP contribution in [0, 0.1) is 0 Å². The molecule has 0 bridgehead atoms. The van der Waals surface area contributed by atoms with Gasteiger partial charge in [-0.2, -0.15) is 0 Å². The van der Waals surface area contributed by atoms with Crippen LogP contribution in [0.2, 0.25) is 0 Å². The van der Waals surface area contributed by atoms with Crippen molar-refractivity contribution in [1.82, 2.24) is 4.90 Å². The maximum absolute atomic E-state index is 12.8. The number of hydrogen-bond acceptors (Lipinski definition) is 4. The molecule has 1 fully saturated rings. The quantitative estimate of drug-likeness (QED) is 0.728. The number of carbonyl (C=O) groups is 2. The highest BCUT2D eigenvalue weighted by Gasteiger charge is 2.30. The molecule has 0 aromatic heterocycles. The Morgan fingerprint density at radius 2 is 1.89 bits per heavy atom. The first-order chi connectivity index (χ1) is 13.1. The van der Waals surface area contributed by atoms with E-state index in [0.717, 1.165) is 37.2 Å². The molecule has 0 radical (unpaired) electrons. The first-order valence-corrected chi connectivity index (χ1v) is 10.2. The van der Waals surface area contributed by atoms with Crippen molar-refractivity contribution in [3.8, 4) is 0 Å². The Hall–Kier alpha value is -2.31. The second-order valence-electron chi connectivity index (χ2n) is 6.69. The fourth-order valence-corrected chi connectivity index (χ4v) is 4.04. The van der Waals surface area contributed by atoms with E-state index in [1.165, 1.54) is 17.3 Å². The maximum Gasteiger partial charge on any atom is 0.313 e. The van der Waals surface area contributed by atoms with Gasteiger partial charge in [0.05, 0.1) is 11.8 Å². The van der Waals surface area contributed by atoms with Crippen molar-refractivity contribution in [2.75, 3.05) is 17.6 Å². The predicted octanol–water partition coefficient (Wildman–Crippen LogP) is 3.61. The van der Waals surface area contributed by atoms with E-state index in [0.29, 0.717) is 5.75 Å². The number of thioether (sulfide) groups is 1. The molecule has 1 aliphatic rings. The summed E-state index contributed by atoms with van der Waals surface area (Å²) >= 11 is 1.35. The molecule has 5 nitrogen and oxygen atoms in total. The summed E-state index contributed by atoms with van der Waals surface area (Å²) in [6.45, 7) is 1.71. The first-order valence-electron chi connectivity index (χ1n) is 9.09. The van der Waals surface area contributed by atoms with E-state index in [2.05, 4.69) is 22.3 Å². The molecule has 0 spiro atoms. The van der Waals surface area contributed by atoms with Gasteiger partial charge in [-0.3, -0.25) is 14.5 Å². The number of nitrogens with one attached hydrogen (secondary N) is 1. The van der Waals surface area contributed by atoms with E-state index in [1.807, 2.05) is 42.5 Å². The van der Waals surface area contributed by atoms with Crippen LogP contribution in [-0.4, -0.2) is 40.2 Å². The molecule has 6 heteroatoms. The van der Waals surface area contributed by atoms with Gasteiger partial charge >= 0.3 is 5.97 Å². The molecule has 1 aliphatic heterocycles. The number of aliphatic carboxylic acids is 1. The number of benzene rings is 2. The Morgan fingerprint density at radius 1 is 1.11 bits per heavy atom. The van der Waals surface area contributed by atoms with Gasteiger partial charge in [0.1, 0.15) is 0 Å². The lowest BCUT2D eigenvalue weighted by Crippen LogP contribution is -2.39. The summed E-state index contributed by atoms with van der Waals surface area (Å²) in [5.74, 6) is -0.102. The Bertz CT molecular complexity index is 782. The molecular formula is C21H24N2O3S. The Labute approximate surface area is 163 Å². The highest BCUT2D eigenvalue weighted by molar-refractivity contribution is 7.99. The van der Waals surface area contributed by atoms with Crippen LogP contribution in [0.1, 0.15) is 24.0 Å². The first kappa shape index (κ1) is 19.5. The van der Waals surface area contributed by atoms with Crippen LogP contribution < -0.4 is 5.32 Å². The van der Waals surface area contributed by atoms with E-state index in [-0.39, 0.29) is 17.7 Å². The minimum atomic E-state index is -0.816. The number of likely N-dealkylation sites (tertiary alicyclic amines) is 1. The Balaban J connectivity index is 1.58. The maximum atomic E-state index is 12.8. The van der Waals surface area contributed by atoms with E-state index in [4.69, 9.17) is 5.11 Å². The van der Waals surface area contributed by atoms with Gasteiger partial charge in [0.15, 0.2) is 0 Å². The molecule has 0 aliphatic carbocycles. The van der Waals surface area contributed by atoms with E-state index in [1.54, 1.807) is 0 Å². The fourth-order valence-electron chi connectivity index (χ4n) is 3.35. The smallest absolute Gasteiger partial charge is 0.313 e. The van der Waals surface area contributed by atoms with Crippen molar-refractivity contribution >= 4 is 29.3 Å². The van der Waals surface area contributed by atoms with Gasteiger partial charge < -0.3 is 10.4 Å². The van der Waals surface area contributed by atoms with Crippen LogP contribution in [0.25, 0.3) is 0 Å². The highest BCUT2D eigenvalue weighted by Crippen LogP contribution is 2.22. The van der Waals surface area contributed by atoms with Crippen LogP contribution >= 0.6 is 11.8 Å². The van der Waals surface area contributed by atoms with Crippen LogP contribution in [-0.2, 0) is 21.9 Å². The summed E-state index contributed by atoms with van der Waals surface area (Å²) in [6, 6.07) is 17.7. The standard InChI is InChI=1S/C21H24N2O3S/c24-20(25)15-27-14-17-8-4-9-18(12-17)22-21(26)19-10-5-11-23(19)13-16-6-2-1-3-7-16/h1-4,6-9,12,19H,5,10-11,13-15H2,(H,22,26)(H,24,25). The lowest BCUT2D eigenvalue weighted by Gasteiger charge is -2.23. The highest BCUT2D eigenvalue weighted by atomic mass is 32.2. The van der Waals surface area contributed by atoms with Crippen molar-refractivity contribution in [2.24, 2.45) is 0 Å². The van der Waals surface area contributed by atoms with E-state index < -0.39 is 5.97 Å². The number of nitrogens with zero attached hydrogens (tertiary/aromatic N) is 1. The minimum Gasteiger partial charge on any atom is -0.481 e. The summed E-state index contributed by atoms with van der Waals surface area (Å²) in [6.07, 6.45) is 1.89. The number of rotatable bonds is 8. The molecule has 1 saturated heterocycles. The number of carbonyl (C=O) groups excluding carboxylic acids is 1. The summed E-state index contributed by atoms with van der Waals surface area (Å²) in [4.78, 5) is 25.7. The lowest BCUT2D eigenvalue weighted by atomic mass is 10.1. The molecule has 0 saturated carbocycles. The zero-order valence-electron chi connectivity index (χ0n) is 15.1. The van der Waals surface area contributed by atoms with E-state index >= 15 is 0 Å². The Kier molecular flexibility index (Phi) is 6.90. The van der Waals surface area contributed by atoms with Gasteiger partial charge in [0.2, 0.25) is 5.91 Å². The summed E-state index contributed by atoms with van der Waals surface area (Å²) in [7, 11) is 0. The van der Waals surface area contributed by atoms with Crippen LogP contribution in [0.3, 0.4) is 0 Å². The van der Waals surface area contributed by atoms with Crippen LogP contribution in [0.5, 0.6) is 0 Å². The van der Waals surface area contributed by atoms with Crippen LogP contribution in [0.15, 0.2) is 54.6 Å². The topological polar surface area (TPSA) is 69.6 Å². The van der Waals surface area contributed by atoms with Crippen molar-refractivity contribution in [1.29, 1.82) is 0 Å². The lowest BCUT2D eigenvalue weighted by molar-refractivity contribution is -0.133. The normalized spacial score (nSPS) is 17.0. The monoisotopic (exact) mass is 384 g/mol. The average Bonchev–Trinajstić information content (AvgIpc) is 3.11. The summed E-state index contributed by atoms with van der Waals surface area (Å²) in [5, 5.41) is 11.8. The van der Waals surface area contributed by atoms with Crippen molar-refractivity contribution < 1.29 is 14.7 Å². The molecule has 2 aromatic rings. The number of hydrogen-bond donors (Lipinski definition) is 2. The average molecular weight is 385 g/mol. The molecule has 1 atom stereocenters. The fraction of sp³-hybridized carbons (Fsp3) is 0.333. The second kappa shape index (κ2) is 9.58. The number of carboxylic acid groups (broad SMARTS) is 1. The van der Waals surface area contributed by atoms with Gasteiger partial charge in [0.25, 0.3) is 0 Å². The number of carboxylic acids is 1. The minimum absolute atomic E-state index is 0.0266. The van der Waals surface area contributed by atoms with Gasteiger partial charge in [-0.1, -0.05) is 42.5 Å². The number of amides is 1. The summed E-state index contributed by atoms with van der Waals surface area (Å²) in [5.41, 5.74) is 2.99. The van der Waals surface area contributed by atoms with E-state index in [9.17, 15) is 9.59 Å². The van der Waals surface area contributed by atoms with Gasteiger partial charge in [0, 0.05) is 18.0 Å². The molecule has 2 N–H and O–H groups in total. The molecule has 1 heterocycles. The molecule has 2 aromatic carbocycles. The predicted molar refractivity (Wildman–Crippen MR) is 109 cm³/mol. The van der Waals surface area contributed by atoms with Crippen LogP contribution in [0.4, 0.5) is 5.69 Å². The largest absolute Gasteiger partial charge is 0.481 e. The number of anilines is 1. The second-order valence-corrected chi connectivity index (χ2v) is 7.68. The van der Waals surface area contributed by atoms with Crippen molar-refractivity contribution in [2.45, 2.75) is 31.2 Å². The molecule has 27 heavy (non-hydrogen) atoms. The molecule has 142 valence electrons. The third-order valence-electron chi connectivity index (χ3n) is 4.58.